The third-order valence-electron chi connectivity index (χ3n) is 1.04. The first-order valence-corrected chi connectivity index (χ1v) is 2.63. The van der Waals surface area contributed by atoms with Gasteiger partial charge in [0.05, 0.1) is 11.6 Å². The molecule has 1 radical (unpaired) electrons. The second kappa shape index (κ2) is 1.94. The van der Waals surface area contributed by atoms with Gasteiger partial charge in [0.15, 0.2) is 5.65 Å². The Bertz CT molecular complexity index is 281. The van der Waals surface area contributed by atoms with Gasteiger partial charge in [-0.05, 0) is 5.21 Å². The Hall–Kier alpha value is -1.65. The zero-order valence-corrected chi connectivity index (χ0v) is 4.89. The summed E-state index contributed by atoms with van der Waals surface area (Å²) in [6.45, 7) is 0. The number of fused-ring (bicyclic) bond motifs is 1. The highest BCUT2D eigenvalue weighted by Crippen LogP contribution is 1.98. The maximum atomic E-state index is 3.83. The van der Waals surface area contributed by atoms with E-state index in [9.17, 15) is 0 Å². The van der Waals surface area contributed by atoms with Crippen LogP contribution >= 0.6 is 0 Å². The first-order chi connectivity index (χ1) is 4.97. The summed E-state index contributed by atoms with van der Waals surface area (Å²) < 4.78 is 0. The van der Waals surface area contributed by atoms with Crippen molar-refractivity contribution in [3.05, 3.63) is 18.7 Å². The highest BCUT2D eigenvalue weighted by Gasteiger charge is 1.92. The van der Waals surface area contributed by atoms with Crippen molar-refractivity contribution in [2.75, 3.05) is 0 Å². The van der Waals surface area contributed by atoms with Crippen LogP contribution in [0.4, 0.5) is 0 Å². The average Bonchev–Trinajstić information content (AvgIpc) is 2.05. The minimum atomic E-state index is 0.519. The molecule has 0 amide bonds. The molecule has 0 fully saturated rings. The van der Waals surface area contributed by atoms with Gasteiger partial charge in [-0.1, -0.05) is 0 Å². The predicted molar refractivity (Wildman–Crippen MR) is 31.8 cm³/mol. The van der Waals surface area contributed by atoms with E-state index in [0.717, 1.165) is 0 Å². The van der Waals surface area contributed by atoms with E-state index in [0.29, 0.717) is 11.0 Å². The lowest BCUT2D eigenvalue weighted by Gasteiger charge is -1.86. The van der Waals surface area contributed by atoms with Crippen molar-refractivity contribution in [2.24, 2.45) is 0 Å². The Morgan fingerprint density at radius 2 is 2.40 bits per heavy atom. The molecule has 0 saturated carbocycles. The number of nitrogens with zero attached hydrogens (tertiary/aromatic N) is 5. The molecule has 5 heteroatoms. The molecule has 0 saturated heterocycles. The molecule has 47 valence electrons. The Balaban J connectivity index is 2.89. The number of hydrogen-bond acceptors (Lipinski definition) is 5. The predicted octanol–water partition coefficient (Wildman–Crippen LogP) is -0.385. The summed E-state index contributed by atoms with van der Waals surface area (Å²) in [4.78, 5) is 7.49. The lowest BCUT2D eigenvalue weighted by atomic mass is 10.4. The van der Waals surface area contributed by atoms with Crippen LogP contribution in [-0.2, 0) is 0 Å². The normalized spacial score (nSPS) is 10.0. The number of hydrogen-bond donors (Lipinski definition) is 0. The first kappa shape index (κ1) is 5.16. The third kappa shape index (κ3) is 0.680. The summed E-state index contributed by atoms with van der Waals surface area (Å²) in [6, 6.07) is 0. The van der Waals surface area contributed by atoms with Gasteiger partial charge in [0, 0.05) is 0 Å². The monoisotopic (exact) mass is 132 g/mol. The molecule has 5 nitrogen and oxygen atoms in total. The zero-order valence-electron chi connectivity index (χ0n) is 4.89. The molecule has 2 aromatic heterocycles. The second-order valence-electron chi connectivity index (χ2n) is 1.66. The van der Waals surface area contributed by atoms with Crippen molar-refractivity contribution in [3.63, 3.8) is 0 Å². The van der Waals surface area contributed by atoms with E-state index in [2.05, 4.69) is 31.6 Å². The lowest BCUT2D eigenvalue weighted by molar-refractivity contribution is 0.881. The van der Waals surface area contributed by atoms with Gasteiger partial charge in [-0.25, -0.2) is 9.97 Å². The molecule has 0 unspecified atom stereocenters. The SMILES string of the molecule is [c]1ncnc2nnncc12. The van der Waals surface area contributed by atoms with E-state index < -0.39 is 0 Å². The molecule has 2 rings (SSSR count). The van der Waals surface area contributed by atoms with Gasteiger partial charge in [0.25, 0.3) is 0 Å². The van der Waals surface area contributed by atoms with E-state index >= 15 is 0 Å². The first-order valence-electron chi connectivity index (χ1n) is 2.63. The molecular weight excluding hydrogens is 130 g/mol. The smallest absolute Gasteiger partial charge is 0.188 e. The molecule has 0 spiro atoms. The Kier molecular flexibility index (Phi) is 1.00. The molecule has 0 N–H and O–H groups in total. The Morgan fingerprint density at radius 3 is 3.30 bits per heavy atom. The average molecular weight is 132 g/mol. The summed E-state index contributed by atoms with van der Waals surface area (Å²) in [6.07, 6.45) is 5.56. The second-order valence-corrected chi connectivity index (χ2v) is 1.66. The fourth-order valence-electron chi connectivity index (χ4n) is 0.620. The van der Waals surface area contributed by atoms with Gasteiger partial charge in [0.2, 0.25) is 0 Å². The van der Waals surface area contributed by atoms with Crippen molar-refractivity contribution >= 4 is 11.0 Å². The van der Waals surface area contributed by atoms with Crippen LogP contribution in [0.3, 0.4) is 0 Å². The van der Waals surface area contributed by atoms with Crippen molar-refractivity contribution in [1.82, 2.24) is 25.4 Å². The Labute approximate surface area is 56.1 Å². The highest BCUT2D eigenvalue weighted by atomic mass is 15.3. The van der Waals surface area contributed by atoms with E-state index in [1.165, 1.54) is 12.5 Å². The minimum Gasteiger partial charge on any atom is -0.234 e. The summed E-state index contributed by atoms with van der Waals surface area (Å²) in [5, 5.41) is 11.3. The van der Waals surface area contributed by atoms with Crippen molar-refractivity contribution < 1.29 is 0 Å². The maximum Gasteiger partial charge on any atom is 0.188 e. The molecule has 10 heavy (non-hydrogen) atoms. The van der Waals surface area contributed by atoms with Gasteiger partial charge in [-0.3, -0.25) is 0 Å². The lowest BCUT2D eigenvalue weighted by Crippen LogP contribution is -1.90. The van der Waals surface area contributed by atoms with Gasteiger partial charge in [-0.15, -0.1) is 10.2 Å². The van der Waals surface area contributed by atoms with Gasteiger partial charge in [-0.2, -0.15) is 0 Å². The summed E-state index contributed by atoms with van der Waals surface area (Å²) in [5.41, 5.74) is 0.519. The topological polar surface area (TPSA) is 64.5 Å². The molecule has 0 atom stereocenters. The number of aromatic nitrogens is 5. The molecule has 0 aromatic carbocycles. The maximum absolute atomic E-state index is 3.83. The Morgan fingerprint density at radius 1 is 1.40 bits per heavy atom. The van der Waals surface area contributed by atoms with Crippen LogP contribution in [0.2, 0.25) is 0 Å². The van der Waals surface area contributed by atoms with Crippen LogP contribution in [0.15, 0.2) is 12.5 Å². The molecule has 2 heterocycles. The minimum absolute atomic E-state index is 0.519. The third-order valence-corrected chi connectivity index (χ3v) is 1.04. The summed E-state index contributed by atoms with van der Waals surface area (Å²) in [5.74, 6) is 0. The van der Waals surface area contributed by atoms with Crippen LogP contribution in [-0.4, -0.2) is 25.4 Å². The quantitative estimate of drug-likeness (QED) is 0.488. The van der Waals surface area contributed by atoms with Crippen LogP contribution in [0.25, 0.3) is 11.0 Å². The largest absolute Gasteiger partial charge is 0.234 e. The zero-order chi connectivity index (χ0) is 6.81. The van der Waals surface area contributed by atoms with Crippen molar-refractivity contribution in [2.45, 2.75) is 0 Å². The van der Waals surface area contributed by atoms with Crippen LogP contribution in [0, 0.1) is 6.20 Å². The fraction of sp³-hybridized carbons (Fsp3) is 0. The molecule has 0 aliphatic carbocycles. The molecule has 2 aromatic rings. The molecule has 0 bridgehead atoms. The van der Waals surface area contributed by atoms with Crippen molar-refractivity contribution in [1.29, 1.82) is 0 Å². The fourth-order valence-corrected chi connectivity index (χ4v) is 0.620. The molecule has 0 aliphatic rings. The van der Waals surface area contributed by atoms with Crippen molar-refractivity contribution in [3.8, 4) is 0 Å². The summed E-state index contributed by atoms with van der Waals surface area (Å²) >= 11 is 0. The molecule has 0 aliphatic heterocycles. The van der Waals surface area contributed by atoms with E-state index in [1.807, 2.05) is 0 Å². The van der Waals surface area contributed by atoms with Gasteiger partial charge < -0.3 is 0 Å². The number of rotatable bonds is 0. The van der Waals surface area contributed by atoms with E-state index in [-0.39, 0.29) is 0 Å². The van der Waals surface area contributed by atoms with Crippen LogP contribution < -0.4 is 0 Å². The van der Waals surface area contributed by atoms with Gasteiger partial charge in [0.1, 0.15) is 12.5 Å². The van der Waals surface area contributed by atoms with E-state index in [1.54, 1.807) is 0 Å². The standard InChI is InChI=1S/C5H2N5/c1-4-2-8-10-9-5(4)7-3-6-1/h2-3H. The van der Waals surface area contributed by atoms with Crippen LogP contribution in [0.1, 0.15) is 0 Å². The van der Waals surface area contributed by atoms with Gasteiger partial charge >= 0.3 is 0 Å². The highest BCUT2D eigenvalue weighted by molar-refractivity contribution is 5.69. The van der Waals surface area contributed by atoms with E-state index in [4.69, 9.17) is 0 Å². The summed E-state index contributed by atoms with van der Waals surface area (Å²) in [7, 11) is 0. The molecular formula is C5H2N5. The van der Waals surface area contributed by atoms with Crippen LogP contribution in [0.5, 0.6) is 0 Å².